The number of hydrogen-bond acceptors (Lipinski definition) is 4. The zero-order chi connectivity index (χ0) is 16.0. The molecule has 114 valence electrons. The van der Waals surface area contributed by atoms with Crippen LogP contribution in [0.4, 0.5) is 11.4 Å². The van der Waals surface area contributed by atoms with Gasteiger partial charge in [-0.15, -0.1) is 0 Å². The van der Waals surface area contributed by atoms with Crippen molar-refractivity contribution < 1.29 is 14.3 Å². The van der Waals surface area contributed by atoms with E-state index < -0.39 is 0 Å². The highest BCUT2D eigenvalue weighted by Crippen LogP contribution is 2.41. The average molecular weight is 306 g/mol. The van der Waals surface area contributed by atoms with Crippen molar-refractivity contribution in [2.45, 2.75) is 0 Å². The van der Waals surface area contributed by atoms with Crippen molar-refractivity contribution >= 4 is 28.6 Å². The first-order chi connectivity index (χ1) is 11.2. The number of benzene rings is 2. The van der Waals surface area contributed by atoms with Crippen molar-refractivity contribution in [3.8, 4) is 0 Å². The number of allylic oxidation sites excluding steroid dienone is 1. The van der Waals surface area contributed by atoms with Crippen molar-refractivity contribution in [1.29, 1.82) is 0 Å². The highest BCUT2D eigenvalue weighted by Gasteiger charge is 2.38. The molecule has 0 fully saturated rings. The molecule has 2 aliphatic heterocycles. The molecule has 4 rings (SSSR count). The normalized spacial score (nSPS) is 18.9. The summed E-state index contributed by atoms with van der Waals surface area (Å²) in [5.41, 5.74) is 3.56. The van der Waals surface area contributed by atoms with Gasteiger partial charge in [0, 0.05) is 23.9 Å². The molecule has 0 aromatic heterocycles. The van der Waals surface area contributed by atoms with E-state index in [0.717, 1.165) is 16.9 Å². The van der Waals surface area contributed by atoms with E-state index >= 15 is 0 Å². The lowest BCUT2D eigenvalue weighted by atomic mass is 10.0. The summed E-state index contributed by atoms with van der Waals surface area (Å²) in [5, 5.41) is 3.10. The Morgan fingerprint density at radius 2 is 1.70 bits per heavy atom. The molecule has 0 saturated carbocycles. The number of anilines is 2. The zero-order valence-corrected chi connectivity index (χ0v) is 12.5. The van der Waals surface area contributed by atoms with Gasteiger partial charge in [-0.05, 0) is 18.2 Å². The number of nitrogens with zero attached hydrogens (tertiary/aromatic N) is 1. The molecule has 1 N–H and O–H groups in total. The fourth-order valence-corrected chi connectivity index (χ4v) is 3.07. The van der Waals surface area contributed by atoms with E-state index in [-0.39, 0.29) is 18.4 Å². The summed E-state index contributed by atoms with van der Waals surface area (Å²) in [7, 11) is 1.54. The number of ether oxygens (including phenoxy) is 1. The number of fused-ring (bicyclic) bond motifs is 2. The van der Waals surface area contributed by atoms with Crippen molar-refractivity contribution in [1.82, 2.24) is 0 Å². The summed E-state index contributed by atoms with van der Waals surface area (Å²) in [6.45, 7) is 0.147. The lowest BCUT2D eigenvalue weighted by Crippen LogP contribution is -2.29. The van der Waals surface area contributed by atoms with Crippen LogP contribution in [0.5, 0.6) is 0 Å². The highest BCUT2D eigenvalue weighted by molar-refractivity contribution is 6.39. The van der Waals surface area contributed by atoms with Crippen molar-refractivity contribution in [3.05, 3.63) is 65.4 Å². The van der Waals surface area contributed by atoms with Crippen LogP contribution in [0, 0.1) is 0 Å². The first kappa shape index (κ1) is 13.7. The number of ketones is 1. The number of para-hydroxylation sites is 2. The Kier molecular flexibility index (Phi) is 3.02. The molecule has 0 radical (unpaired) electrons. The SMILES string of the molecule is COCN1C(=O)/C(=C2\Nc3ccccc3C2=O)c2ccccc21. The Hall–Kier alpha value is -2.92. The number of carbonyl (C=O) groups is 2. The van der Waals surface area contributed by atoms with Gasteiger partial charge < -0.3 is 10.1 Å². The maximum absolute atomic E-state index is 12.8. The van der Waals surface area contributed by atoms with Gasteiger partial charge in [0.1, 0.15) is 12.4 Å². The van der Waals surface area contributed by atoms with Crippen LogP contribution < -0.4 is 10.2 Å². The third-order valence-electron chi connectivity index (χ3n) is 4.09. The molecule has 0 atom stereocenters. The molecular formula is C18H14N2O3. The van der Waals surface area contributed by atoms with Crippen LogP contribution >= 0.6 is 0 Å². The van der Waals surface area contributed by atoms with Crippen LogP contribution in [-0.2, 0) is 9.53 Å². The summed E-state index contributed by atoms with van der Waals surface area (Å²) in [6, 6.07) is 14.7. The van der Waals surface area contributed by atoms with Crippen LogP contribution in [0.15, 0.2) is 54.2 Å². The molecular weight excluding hydrogens is 292 g/mol. The molecule has 1 amide bonds. The lowest BCUT2D eigenvalue weighted by Gasteiger charge is -2.15. The molecule has 0 aliphatic carbocycles. The van der Waals surface area contributed by atoms with Crippen molar-refractivity contribution in [2.24, 2.45) is 0 Å². The second-order valence-corrected chi connectivity index (χ2v) is 5.42. The van der Waals surface area contributed by atoms with Gasteiger partial charge in [0.25, 0.3) is 5.91 Å². The second kappa shape index (κ2) is 5.07. The van der Waals surface area contributed by atoms with Gasteiger partial charge in [-0.2, -0.15) is 0 Å². The highest BCUT2D eigenvalue weighted by atomic mass is 16.5. The van der Waals surface area contributed by atoms with E-state index in [0.29, 0.717) is 16.8 Å². The van der Waals surface area contributed by atoms with Crippen LogP contribution in [0.25, 0.3) is 5.57 Å². The summed E-state index contributed by atoms with van der Waals surface area (Å²) >= 11 is 0. The van der Waals surface area contributed by atoms with E-state index in [1.807, 2.05) is 42.5 Å². The number of methoxy groups -OCH3 is 1. The number of rotatable bonds is 2. The number of Topliss-reactive ketones (excluding diaryl/α,β-unsaturated/α-hetero) is 1. The first-order valence-electron chi connectivity index (χ1n) is 7.27. The number of amides is 1. The zero-order valence-electron chi connectivity index (χ0n) is 12.5. The Labute approximate surface area is 133 Å². The predicted molar refractivity (Wildman–Crippen MR) is 87.1 cm³/mol. The molecule has 5 heteroatoms. The Morgan fingerprint density at radius 3 is 2.43 bits per heavy atom. The van der Waals surface area contributed by atoms with Crippen molar-refractivity contribution in [2.75, 3.05) is 24.1 Å². The van der Waals surface area contributed by atoms with Gasteiger partial charge in [0.15, 0.2) is 0 Å². The smallest absolute Gasteiger partial charge is 0.263 e. The van der Waals surface area contributed by atoms with Gasteiger partial charge in [0.05, 0.1) is 11.3 Å². The largest absolute Gasteiger partial charge is 0.364 e. The van der Waals surface area contributed by atoms with E-state index in [2.05, 4.69) is 5.32 Å². The Bertz CT molecular complexity index is 870. The summed E-state index contributed by atoms with van der Waals surface area (Å²) in [4.78, 5) is 27.1. The fourth-order valence-electron chi connectivity index (χ4n) is 3.07. The van der Waals surface area contributed by atoms with Gasteiger partial charge in [-0.25, -0.2) is 0 Å². The maximum Gasteiger partial charge on any atom is 0.263 e. The van der Waals surface area contributed by atoms with Gasteiger partial charge in [-0.1, -0.05) is 30.3 Å². The molecule has 0 unspecified atom stereocenters. The van der Waals surface area contributed by atoms with E-state index in [1.165, 1.54) is 12.0 Å². The summed E-state index contributed by atoms with van der Waals surface area (Å²) < 4.78 is 5.13. The molecule has 2 aliphatic rings. The van der Waals surface area contributed by atoms with Crippen LogP contribution in [0.3, 0.4) is 0 Å². The Balaban J connectivity index is 1.90. The van der Waals surface area contributed by atoms with Gasteiger partial charge in [-0.3, -0.25) is 14.5 Å². The van der Waals surface area contributed by atoms with Gasteiger partial charge in [0.2, 0.25) is 5.78 Å². The third-order valence-corrected chi connectivity index (χ3v) is 4.09. The van der Waals surface area contributed by atoms with Gasteiger partial charge >= 0.3 is 0 Å². The topological polar surface area (TPSA) is 58.6 Å². The fraction of sp³-hybridized carbons (Fsp3) is 0.111. The standard InChI is InChI=1S/C18H14N2O3/c1-23-10-20-14-9-5-3-7-12(14)15(18(20)22)16-17(21)11-6-2-4-8-13(11)19-16/h2-9,19H,10H2,1H3/b16-15-. The molecule has 0 bridgehead atoms. The number of nitrogens with one attached hydrogen (secondary N) is 1. The monoisotopic (exact) mass is 306 g/mol. The number of hydrogen-bond donors (Lipinski definition) is 1. The Morgan fingerprint density at radius 1 is 1.00 bits per heavy atom. The van der Waals surface area contributed by atoms with Crippen molar-refractivity contribution in [3.63, 3.8) is 0 Å². The van der Waals surface area contributed by atoms with E-state index in [1.54, 1.807) is 6.07 Å². The summed E-state index contributed by atoms with van der Waals surface area (Å²) in [6.07, 6.45) is 0. The van der Waals surface area contributed by atoms with E-state index in [9.17, 15) is 9.59 Å². The molecule has 2 aromatic rings. The minimum atomic E-state index is -0.225. The minimum absolute atomic E-state index is 0.147. The second-order valence-electron chi connectivity index (χ2n) is 5.42. The van der Waals surface area contributed by atoms with Crippen LogP contribution in [-0.4, -0.2) is 25.5 Å². The first-order valence-corrected chi connectivity index (χ1v) is 7.27. The van der Waals surface area contributed by atoms with E-state index in [4.69, 9.17) is 4.74 Å². The third kappa shape index (κ3) is 1.90. The average Bonchev–Trinajstić information content (AvgIpc) is 3.04. The molecule has 2 aromatic carbocycles. The minimum Gasteiger partial charge on any atom is -0.364 e. The summed E-state index contributed by atoms with van der Waals surface area (Å²) in [5.74, 6) is -0.380. The lowest BCUT2D eigenvalue weighted by molar-refractivity contribution is -0.113. The molecule has 0 spiro atoms. The quantitative estimate of drug-likeness (QED) is 0.867. The van der Waals surface area contributed by atoms with Crippen LogP contribution in [0.2, 0.25) is 0 Å². The molecule has 2 heterocycles. The van der Waals surface area contributed by atoms with Crippen LogP contribution in [0.1, 0.15) is 15.9 Å². The maximum atomic E-state index is 12.8. The predicted octanol–water partition coefficient (Wildman–Crippen LogP) is 2.66. The molecule has 23 heavy (non-hydrogen) atoms. The molecule has 0 saturated heterocycles. The number of carbonyl (C=O) groups excluding carboxylic acids is 2. The molecule has 5 nitrogen and oxygen atoms in total.